The second-order valence-electron chi connectivity index (χ2n) is 4.11. The molecule has 1 aromatic carbocycles. The van der Waals surface area contributed by atoms with Crippen molar-refractivity contribution in [1.82, 2.24) is 0 Å². The quantitative estimate of drug-likeness (QED) is 0.710. The van der Waals surface area contributed by atoms with Gasteiger partial charge in [0.05, 0.1) is 5.92 Å². The lowest BCUT2D eigenvalue weighted by molar-refractivity contribution is -0.104. The van der Waals surface area contributed by atoms with Crippen molar-refractivity contribution in [2.75, 3.05) is 0 Å². The Morgan fingerprint density at radius 1 is 1.24 bits per heavy atom. The molecule has 0 saturated carbocycles. The highest BCUT2D eigenvalue weighted by atomic mass is 32.2. The summed E-state index contributed by atoms with van der Waals surface area (Å²) < 4.78 is 0. The zero-order valence-electron chi connectivity index (χ0n) is 9.00. The predicted molar refractivity (Wildman–Crippen MR) is 67.2 cm³/mol. The topological polar surface area (TPSA) is 34.1 Å². The van der Waals surface area contributed by atoms with E-state index in [0.29, 0.717) is 5.57 Å². The number of hydrogen-bond donors (Lipinski definition) is 0. The number of fused-ring (bicyclic) bond motifs is 2. The van der Waals surface area contributed by atoms with Crippen LogP contribution in [0.4, 0.5) is 0 Å². The maximum absolute atomic E-state index is 12.3. The van der Waals surface area contributed by atoms with E-state index < -0.39 is 0 Å². The van der Waals surface area contributed by atoms with Crippen molar-refractivity contribution in [3.8, 4) is 0 Å². The van der Waals surface area contributed by atoms with Crippen molar-refractivity contribution in [2.24, 2.45) is 5.92 Å². The number of carbonyl (C=O) groups excluding carboxylic acids is 2. The summed E-state index contributed by atoms with van der Waals surface area (Å²) in [6, 6.07) is 7.65. The van der Waals surface area contributed by atoms with E-state index in [1.807, 2.05) is 30.3 Å². The van der Waals surface area contributed by atoms with E-state index >= 15 is 0 Å². The van der Waals surface area contributed by atoms with Crippen molar-refractivity contribution < 1.29 is 9.59 Å². The molecule has 84 valence electrons. The molecule has 3 heteroatoms. The minimum Gasteiger partial charge on any atom is -0.298 e. The Bertz CT molecular complexity index is 557. The first-order chi connectivity index (χ1) is 8.29. The summed E-state index contributed by atoms with van der Waals surface area (Å²) in [5, 5.41) is 0.126. The minimum absolute atomic E-state index is 0.119. The number of ketones is 1. The van der Waals surface area contributed by atoms with Gasteiger partial charge in [0.25, 0.3) is 0 Å². The third kappa shape index (κ3) is 1.67. The molecule has 17 heavy (non-hydrogen) atoms. The first-order valence-corrected chi connectivity index (χ1v) is 6.32. The number of rotatable bonds is 1. The van der Waals surface area contributed by atoms with Crippen molar-refractivity contribution in [2.45, 2.75) is 10.1 Å². The Balaban J connectivity index is 2.07. The molecule has 2 unspecified atom stereocenters. The molecular weight excluding hydrogens is 232 g/mol. The molecule has 0 spiro atoms. The van der Waals surface area contributed by atoms with Crippen LogP contribution in [-0.2, 0) is 4.79 Å². The Morgan fingerprint density at radius 3 is 2.88 bits per heavy atom. The van der Waals surface area contributed by atoms with Gasteiger partial charge in [-0.05, 0) is 6.07 Å². The van der Waals surface area contributed by atoms with Crippen LogP contribution < -0.4 is 0 Å². The van der Waals surface area contributed by atoms with Gasteiger partial charge in [-0.25, -0.2) is 0 Å². The number of aldehydes is 1. The van der Waals surface area contributed by atoms with Gasteiger partial charge in [-0.3, -0.25) is 9.59 Å². The smallest absolute Gasteiger partial charge is 0.172 e. The van der Waals surface area contributed by atoms with Crippen LogP contribution in [-0.4, -0.2) is 17.3 Å². The summed E-state index contributed by atoms with van der Waals surface area (Å²) in [6.45, 7) is 0. The van der Waals surface area contributed by atoms with Gasteiger partial charge >= 0.3 is 0 Å². The van der Waals surface area contributed by atoms with Crippen molar-refractivity contribution in [3.63, 3.8) is 0 Å². The van der Waals surface area contributed by atoms with E-state index in [1.54, 1.807) is 23.9 Å². The number of benzene rings is 1. The molecule has 0 bridgehead atoms. The molecule has 2 nitrogen and oxygen atoms in total. The number of hydrogen-bond acceptors (Lipinski definition) is 3. The molecule has 0 aromatic heterocycles. The molecule has 2 atom stereocenters. The van der Waals surface area contributed by atoms with Crippen LogP contribution in [0, 0.1) is 5.92 Å². The largest absolute Gasteiger partial charge is 0.298 e. The molecule has 0 radical (unpaired) electrons. The fourth-order valence-corrected chi connectivity index (χ4v) is 3.45. The van der Waals surface area contributed by atoms with Gasteiger partial charge in [0.15, 0.2) is 5.78 Å². The Labute approximate surface area is 103 Å². The zero-order chi connectivity index (χ0) is 11.8. The highest BCUT2D eigenvalue weighted by Crippen LogP contribution is 2.41. The highest BCUT2D eigenvalue weighted by molar-refractivity contribution is 8.00. The van der Waals surface area contributed by atoms with E-state index in [1.165, 1.54) is 0 Å². The maximum Gasteiger partial charge on any atom is 0.172 e. The van der Waals surface area contributed by atoms with Crippen molar-refractivity contribution in [1.29, 1.82) is 0 Å². The summed E-state index contributed by atoms with van der Waals surface area (Å²) in [5.74, 6) is -0.0758. The number of allylic oxidation sites excluding steroid dienone is 3. The predicted octanol–water partition coefficient (Wildman–Crippen LogP) is 2.65. The fourth-order valence-electron chi connectivity index (χ4n) is 2.20. The van der Waals surface area contributed by atoms with Gasteiger partial charge in [0, 0.05) is 21.3 Å². The first kappa shape index (κ1) is 10.5. The van der Waals surface area contributed by atoms with E-state index in [9.17, 15) is 9.59 Å². The molecule has 1 aliphatic heterocycles. The Hall–Kier alpha value is -1.61. The van der Waals surface area contributed by atoms with Crippen LogP contribution in [0.3, 0.4) is 0 Å². The Kier molecular flexibility index (Phi) is 2.48. The van der Waals surface area contributed by atoms with Gasteiger partial charge in [-0.2, -0.15) is 0 Å². The van der Waals surface area contributed by atoms with E-state index in [4.69, 9.17) is 0 Å². The van der Waals surface area contributed by atoms with Gasteiger partial charge < -0.3 is 0 Å². The Morgan fingerprint density at radius 2 is 2.06 bits per heavy atom. The van der Waals surface area contributed by atoms with E-state index in [0.717, 1.165) is 16.7 Å². The number of carbonyl (C=O) groups is 2. The van der Waals surface area contributed by atoms with Crippen LogP contribution >= 0.6 is 11.8 Å². The lowest BCUT2D eigenvalue weighted by atomic mass is 9.88. The maximum atomic E-state index is 12.3. The molecule has 3 rings (SSSR count). The summed E-state index contributed by atoms with van der Waals surface area (Å²) >= 11 is 1.69. The summed E-state index contributed by atoms with van der Waals surface area (Å²) in [7, 11) is 0. The minimum atomic E-state index is -0.194. The van der Waals surface area contributed by atoms with Crippen LogP contribution in [0.2, 0.25) is 0 Å². The fraction of sp³-hybridized carbons (Fsp3) is 0.143. The van der Waals surface area contributed by atoms with Gasteiger partial charge in [-0.15, -0.1) is 11.8 Å². The third-order valence-corrected chi connectivity index (χ3v) is 4.39. The normalized spacial score (nSPS) is 25.9. The average molecular weight is 242 g/mol. The van der Waals surface area contributed by atoms with Crippen LogP contribution in [0.15, 0.2) is 53.0 Å². The summed E-state index contributed by atoms with van der Waals surface area (Å²) in [6.07, 6.45) is 6.32. The molecular formula is C14H10O2S. The van der Waals surface area contributed by atoms with Crippen molar-refractivity contribution >= 4 is 23.8 Å². The van der Waals surface area contributed by atoms with Crippen LogP contribution in [0.5, 0.6) is 0 Å². The summed E-state index contributed by atoms with van der Waals surface area (Å²) in [4.78, 5) is 24.1. The summed E-state index contributed by atoms with van der Waals surface area (Å²) in [5.41, 5.74) is 1.37. The molecule has 1 aliphatic carbocycles. The number of Topliss-reactive ketones (excluding diaryl/α,β-unsaturated/α-hetero) is 1. The molecule has 0 fully saturated rings. The van der Waals surface area contributed by atoms with Crippen molar-refractivity contribution in [3.05, 3.63) is 53.6 Å². The SMILES string of the molecule is O=CC1=CC2C(=O)c3ccccc3SC2C=C1. The third-order valence-electron chi connectivity index (χ3n) is 3.06. The molecule has 1 heterocycles. The first-order valence-electron chi connectivity index (χ1n) is 5.45. The van der Waals surface area contributed by atoms with E-state index in [2.05, 4.69) is 0 Å². The average Bonchev–Trinajstić information content (AvgIpc) is 2.39. The molecule has 0 amide bonds. The molecule has 0 saturated heterocycles. The van der Waals surface area contributed by atoms with E-state index in [-0.39, 0.29) is 17.0 Å². The molecule has 1 aromatic rings. The lowest BCUT2D eigenvalue weighted by Crippen LogP contribution is -2.29. The number of thioether (sulfide) groups is 1. The molecule has 2 aliphatic rings. The standard InChI is InChI=1S/C14H10O2S/c15-8-9-5-6-13-11(7-9)14(16)10-3-1-2-4-12(10)17-13/h1-8,11,13H. The zero-order valence-corrected chi connectivity index (χ0v) is 9.81. The monoisotopic (exact) mass is 242 g/mol. The van der Waals surface area contributed by atoms with Crippen LogP contribution in [0.1, 0.15) is 10.4 Å². The van der Waals surface area contributed by atoms with Crippen LogP contribution in [0.25, 0.3) is 0 Å². The lowest BCUT2D eigenvalue weighted by Gasteiger charge is -2.29. The van der Waals surface area contributed by atoms with Gasteiger partial charge in [0.1, 0.15) is 6.29 Å². The second kappa shape index (κ2) is 4.00. The second-order valence-corrected chi connectivity index (χ2v) is 5.33. The van der Waals surface area contributed by atoms with Gasteiger partial charge in [-0.1, -0.05) is 36.4 Å². The van der Waals surface area contributed by atoms with Gasteiger partial charge in [0.2, 0.25) is 0 Å². The molecule has 0 N–H and O–H groups in total. The highest BCUT2D eigenvalue weighted by Gasteiger charge is 2.34.